The summed E-state index contributed by atoms with van der Waals surface area (Å²) in [6, 6.07) is 6.15. The number of benzene rings is 1. The number of carbonyl (C=O) groups excluding carboxylic acids is 2. The van der Waals surface area contributed by atoms with Crippen LogP contribution in [0.4, 0.5) is 0 Å². The fourth-order valence-electron chi connectivity index (χ4n) is 2.27. The maximum atomic E-state index is 12.1. The van der Waals surface area contributed by atoms with Crippen molar-refractivity contribution in [3.8, 4) is 0 Å². The molecule has 1 N–H and O–H groups in total. The Morgan fingerprint density at radius 2 is 2.10 bits per heavy atom. The van der Waals surface area contributed by atoms with Gasteiger partial charge in [0.05, 0.1) is 0 Å². The Morgan fingerprint density at radius 1 is 1.30 bits per heavy atom. The summed E-state index contributed by atoms with van der Waals surface area (Å²) < 4.78 is 0. The maximum absolute atomic E-state index is 12.1. The highest BCUT2D eigenvalue weighted by molar-refractivity contribution is 5.92. The molecular weight excluding hydrogens is 252 g/mol. The van der Waals surface area contributed by atoms with Gasteiger partial charge in [-0.3, -0.25) is 9.59 Å². The van der Waals surface area contributed by atoms with Gasteiger partial charge in [-0.25, -0.2) is 0 Å². The summed E-state index contributed by atoms with van der Waals surface area (Å²) >= 11 is 0. The Balaban J connectivity index is 2.03. The third-order valence-electron chi connectivity index (χ3n) is 3.46. The zero-order chi connectivity index (χ0) is 14.5. The third-order valence-corrected chi connectivity index (χ3v) is 3.46. The van der Waals surface area contributed by atoms with Crippen LogP contribution in [0, 0.1) is 13.8 Å². The van der Waals surface area contributed by atoms with Crippen molar-refractivity contribution in [2.45, 2.75) is 20.3 Å². The Bertz CT molecular complexity index is 549. The van der Waals surface area contributed by atoms with Crippen molar-refractivity contribution in [2.24, 2.45) is 0 Å². The lowest BCUT2D eigenvalue weighted by molar-refractivity contribution is -0.125. The minimum Gasteiger partial charge on any atom is -0.354 e. The molecule has 2 amide bonds. The van der Waals surface area contributed by atoms with Gasteiger partial charge in [0.15, 0.2) is 0 Å². The largest absolute Gasteiger partial charge is 0.354 e. The molecule has 1 fully saturated rings. The van der Waals surface area contributed by atoms with Crippen LogP contribution in [0.15, 0.2) is 24.3 Å². The summed E-state index contributed by atoms with van der Waals surface area (Å²) in [5.41, 5.74) is 3.41. The van der Waals surface area contributed by atoms with E-state index in [9.17, 15) is 9.59 Å². The molecule has 0 saturated carbocycles. The second-order valence-electron chi connectivity index (χ2n) is 5.12. The summed E-state index contributed by atoms with van der Waals surface area (Å²) in [5.74, 6) is -0.0277. The molecule has 1 saturated heterocycles. The van der Waals surface area contributed by atoms with Crippen LogP contribution < -0.4 is 5.32 Å². The molecule has 0 spiro atoms. The van der Waals surface area contributed by atoms with E-state index < -0.39 is 0 Å². The number of aryl methyl sites for hydroxylation is 2. The summed E-state index contributed by atoms with van der Waals surface area (Å²) in [4.78, 5) is 25.1. The van der Waals surface area contributed by atoms with Crippen LogP contribution in [0.2, 0.25) is 0 Å². The first-order valence-corrected chi connectivity index (χ1v) is 6.87. The quantitative estimate of drug-likeness (QED) is 0.833. The SMILES string of the molecule is Cc1ccc(C=CC(=O)N2CCNC(=O)CC2)c(C)c1. The van der Waals surface area contributed by atoms with Crippen LogP contribution in [0.3, 0.4) is 0 Å². The third kappa shape index (κ3) is 3.70. The van der Waals surface area contributed by atoms with E-state index >= 15 is 0 Å². The van der Waals surface area contributed by atoms with E-state index in [4.69, 9.17) is 0 Å². The Labute approximate surface area is 119 Å². The lowest BCUT2D eigenvalue weighted by Gasteiger charge is -2.17. The smallest absolute Gasteiger partial charge is 0.246 e. The first-order chi connectivity index (χ1) is 9.56. The molecule has 2 rings (SSSR count). The standard InChI is InChI=1S/C16H20N2O2/c1-12-3-4-14(13(2)11-12)5-6-16(20)18-9-7-15(19)17-8-10-18/h3-6,11H,7-10H2,1-2H3,(H,17,19). The van der Waals surface area contributed by atoms with Gasteiger partial charge in [0.1, 0.15) is 0 Å². The van der Waals surface area contributed by atoms with Gasteiger partial charge in [-0.2, -0.15) is 0 Å². The Morgan fingerprint density at radius 3 is 2.85 bits per heavy atom. The average Bonchev–Trinajstić information content (AvgIpc) is 2.62. The molecule has 1 heterocycles. The molecule has 4 heteroatoms. The molecule has 0 aromatic heterocycles. The number of carbonyl (C=O) groups is 2. The van der Waals surface area contributed by atoms with Crippen LogP contribution in [-0.4, -0.2) is 36.3 Å². The molecule has 0 unspecified atom stereocenters. The lowest BCUT2D eigenvalue weighted by atomic mass is 10.1. The summed E-state index contributed by atoms with van der Waals surface area (Å²) in [5, 5.41) is 2.76. The van der Waals surface area contributed by atoms with E-state index in [-0.39, 0.29) is 11.8 Å². The van der Waals surface area contributed by atoms with Gasteiger partial charge in [-0.1, -0.05) is 23.8 Å². The molecule has 0 radical (unpaired) electrons. The van der Waals surface area contributed by atoms with Gasteiger partial charge in [0.2, 0.25) is 11.8 Å². The van der Waals surface area contributed by atoms with Crippen LogP contribution in [0.25, 0.3) is 6.08 Å². The van der Waals surface area contributed by atoms with Gasteiger partial charge in [-0.05, 0) is 31.1 Å². The van der Waals surface area contributed by atoms with Crippen LogP contribution in [0.1, 0.15) is 23.1 Å². The Hall–Kier alpha value is -2.10. The minimum absolute atomic E-state index is 0.0126. The van der Waals surface area contributed by atoms with Crippen LogP contribution >= 0.6 is 0 Å². The second kappa shape index (κ2) is 6.37. The van der Waals surface area contributed by atoms with E-state index in [1.165, 1.54) is 5.56 Å². The number of rotatable bonds is 2. The molecule has 106 valence electrons. The molecule has 0 atom stereocenters. The number of hydrogen-bond acceptors (Lipinski definition) is 2. The van der Waals surface area contributed by atoms with Crippen molar-refractivity contribution in [1.29, 1.82) is 0 Å². The van der Waals surface area contributed by atoms with Gasteiger partial charge >= 0.3 is 0 Å². The number of nitrogens with zero attached hydrogens (tertiary/aromatic N) is 1. The van der Waals surface area contributed by atoms with Crippen molar-refractivity contribution in [1.82, 2.24) is 10.2 Å². The highest BCUT2D eigenvalue weighted by Crippen LogP contribution is 2.12. The normalized spacial score (nSPS) is 16.1. The lowest BCUT2D eigenvalue weighted by Crippen LogP contribution is -2.32. The predicted octanol–water partition coefficient (Wildman–Crippen LogP) is 1.67. The van der Waals surface area contributed by atoms with Crippen LogP contribution in [-0.2, 0) is 9.59 Å². The van der Waals surface area contributed by atoms with Gasteiger partial charge in [0.25, 0.3) is 0 Å². The molecule has 1 aliphatic heterocycles. The fraction of sp³-hybridized carbons (Fsp3) is 0.375. The van der Waals surface area contributed by atoms with Gasteiger partial charge < -0.3 is 10.2 Å². The minimum atomic E-state index is -0.0403. The molecule has 20 heavy (non-hydrogen) atoms. The summed E-state index contributed by atoms with van der Waals surface area (Å²) in [6.07, 6.45) is 3.81. The average molecular weight is 272 g/mol. The summed E-state index contributed by atoms with van der Waals surface area (Å²) in [6.45, 7) is 5.67. The van der Waals surface area contributed by atoms with Crippen molar-refractivity contribution in [2.75, 3.05) is 19.6 Å². The monoisotopic (exact) mass is 272 g/mol. The maximum Gasteiger partial charge on any atom is 0.246 e. The number of amides is 2. The second-order valence-corrected chi connectivity index (χ2v) is 5.12. The van der Waals surface area contributed by atoms with E-state index in [0.717, 1.165) is 11.1 Å². The zero-order valence-electron chi connectivity index (χ0n) is 12.0. The fourth-order valence-corrected chi connectivity index (χ4v) is 2.27. The van der Waals surface area contributed by atoms with Crippen molar-refractivity contribution in [3.63, 3.8) is 0 Å². The van der Waals surface area contributed by atoms with Crippen molar-refractivity contribution >= 4 is 17.9 Å². The molecule has 1 aromatic carbocycles. The van der Waals surface area contributed by atoms with E-state index in [1.807, 2.05) is 32.1 Å². The van der Waals surface area contributed by atoms with Gasteiger partial charge in [0, 0.05) is 32.1 Å². The van der Waals surface area contributed by atoms with Crippen molar-refractivity contribution in [3.05, 3.63) is 41.0 Å². The highest BCUT2D eigenvalue weighted by atomic mass is 16.2. The van der Waals surface area contributed by atoms with Gasteiger partial charge in [-0.15, -0.1) is 0 Å². The zero-order valence-corrected chi connectivity index (χ0v) is 12.0. The molecule has 4 nitrogen and oxygen atoms in total. The van der Waals surface area contributed by atoms with E-state index in [1.54, 1.807) is 11.0 Å². The highest BCUT2D eigenvalue weighted by Gasteiger charge is 2.16. The number of hydrogen-bond donors (Lipinski definition) is 1. The van der Waals surface area contributed by atoms with E-state index in [0.29, 0.717) is 26.1 Å². The molecule has 0 aliphatic carbocycles. The molecule has 1 aliphatic rings. The first-order valence-electron chi connectivity index (χ1n) is 6.87. The molecule has 1 aromatic rings. The summed E-state index contributed by atoms with van der Waals surface area (Å²) in [7, 11) is 0. The predicted molar refractivity (Wildman–Crippen MR) is 79.2 cm³/mol. The Kier molecular flexibility index (Phi) is 4.56. The van der Waals surface area contributed by atoms with Crippen LogP contribution in [0.5, 0.6) is 0 Å². The van der Waals surface area contributed by atoms with Crippen molar-refractivity contribution < 1.29 is 9.59 Å². The van der Waals surface area contributed by atoms with E-state index in [2.05, 4.69) is 11.4 Å². The molecule has 0 bridgehead atoms. The number of nitrogens with one attached hydrogen (secondary N) is 1. The first kappa shape index (κ1) is 14.3. The molecular formula is C16H20N2O2. The topological polar surface area (TPSA) is 49.4 Å².